The van der Waals surface area contributed by atoms with E-state index in [4.69, 9.17) is 9.84 Å². The molecule has 0 amide bonds. The second-order valence-electron chi connectivity index (χ2n) is 3.97. The molecule has 9 heteroatoms. The van der Waals surface area contributed by atoms with Gasteiger partial charge in [0, 0.05) is 0 Å². The fraction of sp³-hybridized carbons (Fsp3) is 0.364. The van der Waals surface area contributed by atoms with Crippen LogP contribution < -0.4 is 4.74 Å². The van der Waals surface area contributed by atoms with Crippen molar-refractivity contribution >= 4 is 0 Å². The summed E-state index contributed by atoms with van der Waals surface area (Å²) in [6, 6.07) is 3.36. The minimum absolute atomic E-state index is 0.155. The molecular formula is C11H11F3N4O2. The van der Waals surface area contributed by atoms with Crippen LogP contribution >= 0.6 is 0 Å². The molecular weight excluding hydrogens is 277 g/mol. The van der Waals surface area contributed by atoms with Crippen LogP contribution in [0.3, 0.4) is 0 Å². The Morgan fingerprint density at radius 1 is 1.35 bits per heavy atom. The number of halogens is 3. The van der Waals surface area contributed by atoms with E-state index in [2.05, 4.69) is 15.4 Å². The Balaban J connectivity index is 2.22. The lowest BCUT2D eigenvalue weighted by molar-refractivity contribution is -0.139. The van der Waals surface area contributed by atoms with Crippen molar-refractivity contribution < 1.29 is 23.0 Å². The van der Waals surface area contributed by atoms with Gasteiger partial charge in [-0.2, -0.15) is 18.0 Å². The molecule has 0 radical (unpaired) electrons. The van der Waals surface area contributed by atoms with Crippen molar-refractivity contribution in [2.75, 3.05) is 0 Å². The first-order valence-corrected chi connectivity index (χ1v) is 5.57. The van der Waals surface area contributed by atoms with E-state index in [9.17, 15) is 13.2 Å². The van der Waals surface area contributed by atoms with E-state index in [1.165, 1.54) is 17.9 Å². The molecule has 6 nitrogen and oxygen atoms in total. The van der Waals surface area contributed by atoms with Crippen LogP contribution in [-0.4, -0.2) is 25.3 Å². The van der Waals surface area contributed by atoms with E-state index in [0.29, 0.717) is 0 Å². The lowest BCUT2D eigenvalue weighted by Gasteiger charge is -2.14. The summed E-state index contributed by atoms with van der Waals surface area (Å²) in [5.41, 5.74) is -0.796. The van der Waals surface area contributed by atoms with E-state index in [0.717, 1.165) is 12.1 Å². The molecule has 0 spiro atoms. The molecule has 108 valence electrons. The summed E-state index contributed by atoms with van der Waals surface area (Å²) in [6.45, 7) is -0.704. The van der Waals surface area contributed by atoms with Gasteiger partial charge in [-0.3, -0.25) is 0 Å². The van der Waals surface area contributed by atoms with Crippen LogP contribution in [0.2, 0.25) is 0 Å². The first kappa shape index (κ1) is 14.3. The molecule has 2 aromatic rings. The van der Waals surface area contributed by atoms with Gasteiger partial charge >= 0.3 is 6.18 Å². The van der Waals surface area contributed by atoms with Crippen LogP contribution in [0.25, 0.3) is 0 Å². The molecule has 1 N–H and O–H groups in total. The van der Waals surface area contributed by atoms with E-state index in [-0.39, 0.29) is 23.7 Å². The fourth-order valence-corrected chi connectivity index (χ4v) is 1.55. The van der Waals surface area contributed by atoms with Gasteiger partial charge in [0.25, 0.3) is 0 Å². The second-order valence-corrected chi connectivity index (χ2v) is 3.97. The third-order valence-electron chi connectivity index (χ3n) is 2.44. The van der Waals surface area contributed by atoms with Crippen LogP contribution in [0.4, 0.5) is 13.2 Å². The maximum atomic E-state index is 12.9. The normalized spacial score (nSPS) is 11.7. The van der Waals surface area contributed by atoms with E-state index in [1.54, 1.807) is 0 Å². The van der Waals surface area contributed by atoms with Crippen molar-refractivity contribution in [1.29, 1.82) is 0 Å². The average Bonchev–Trinajstić information content (AvgIpc) is 2.81. The highest BCUT2D eigenvalue weighted by atomic mass is 19.4. The van der Waals surface area contributed by atoms with Gasteiger partial charge < -0.3 is 9.84 Å². The summed E-state index contributed by atoms with van der Waals surface area (Å²) >= 11 is 0. The topological polar surface area (TPSA) is 73.1 Å². The van der Waals surface area contributed by atoms with Crippen molar-refractivity contribution in [1.82, 2.24) is 20.2 Å². The lowest BCUT2D eigenvalue weighted by Crippen LogP contribution is -2.10. The highest BCUT2D eigenvalue weighted by Crippen LogP contribution is 2.37. The summed E-state index contributed by atoms with van der Waals surface area (Å²) in [5.74, 6) is -0.172. The predicted molar refractivity (Wildman–Crippen MR) is 60.5 cm³/mol. The monoisotopic (exact) mass is 288 g/mol. The van der Waals surface area contributed by atoms with E-state index in [1.807, 2.05) is 0 Å². The van der Waals surface area contributed by atoms with Crippen molar-refractivity contribution in [2.45, 2.75) is 19.4 Å². The minimum Gasteiger partial charge on any atom is -0.485 e. The Bertz CT molecular complexity index is 598. The van der Waals surface area contributed by atoms with Crippen molar-refractivity contribution in [3.8, 4) is 5.75 Å². The zero-order valence-corrected chi connectivity index (χ0v) is 10.4. The van der Waals surface area contributed by atoms with Gasteiger partial charge in [-0.15, -0.1) is 10.2 Å². The molecule has 1 aromatic carbocycles. The van der Waals surface area contributed by atoms with Crippen LogP contribution in [-0.2, 0) is 26.4 Å². The third-order valence-corrected chi connectivity index (χ3v) is 2.44. The van der Waals surface area contributed by atoms with Crippen LogP contribution in [0.1, 0.15) is 17.0 Å². The number of aliphatic hydroxyl groups excluding tert-OH is 1. The number of benzene rings is 1. The maximum absolute atomic E-state index is 12.9. The average molecular weight is 288 g/mol. The molecule has 0 saturated carbocycles. The summed E-state index contributed by atoms with van der Waals surface area (Å²) < 4.78 is 43.7. The van der Waals surface area contributed by atoms with E-state index < -0.39 is 18.3 Å². The van der Waals surface area contributed by atoms with Crippen molar-refractivity contribution in [3.63, 3.8) is 0 Å². The number of aliphatic hydroxyl groups is 1. The highest BCUT2D eigenvalue weighted by molar-refractivity contribution is 5.39. The summed E-state index contributed by atoms with van der Waals surface area (Å²) in [6.07, 6.45) is -4.57. The van der Waals surface area contributed by atoms with Crippen LogP contribution in [0, 0.1) is 0 Å². The largest absolute Gasteiger partial charge is 0.485 e. The minimum atomic E-state index is -4.57. The molecule has 0 saturated heterocycles. The third kappa shape index (κ3) is 3.23. The molecule has 1 aromatic heterocycles. The smallest absolute Gasteiger partial charge is 0.419 e. The zero-order valence-electron chi connectivity index (χ0n) is 10.4. The number of aromatic nitrogens is 4. The van der Waals surface area contributed by atoms with Crippen molar-refractivity contribution in [2.24, 2.45) is 7.05 Å². The fourth-order valence-electron chi connectivity index (χ4n) is 1.55. The molecule has 0 bridgehead atoms. The number of aryl methyl sites for hydroxylation is 1. The Morgan fingerprint density at radius 2 is 2.10 bits per heavy atom. The quantitative estimate of drug-likeness (QED) is 0.918. The standard InChI is InChI=1S/C11H11F3N4O2/c1-18-16-10(15-17-18)6-20-9-3-2-7(5-19)4-8(9)11(12,13)14/h2-4,19H,5-6H2,1H3. The number of rotatable bonds is 4. The number of hydrogen-bond acceptors (Lipinski definition) is 5. The lowest BCUT2D eigenvalue weighted by atomic mass is 10.1. The molecule has 0 atom stereocenters. The number of tetrazole rings is 1. The molecule has 0 unspecified atom stereocenters. The predicted octanol–water partition coefficient (Wildman–Crippen LogP) is 1.30. The highest BCUT2D eigenvalue weighted by Gasteiger charge is 2.34. The van der Waals surface area contributed by atoms with Gasteiger partial charge in [0.2, 0.25) is 5.82 Å². The number of hydrogen-bond donors (Lipinski definition) is 1. The summed E-state index contributed by atoms with van der Waals surface area (Å²) in [5, 5.41) is 19.8. The number of ether oxygens (including phenoxy) is 1. The number of nitrogens with zero attached hydrogens (tertiary/aromatic N) is 4. The Labute approximate surface area is 111 Å². The Hall–Kier alpha value is -2.16. The van der Waals surface area contributed by atoms with Gasteiger partial charge in [-0.25, -0.2) is 0 Å². The van der Waals surface area contributed by atoms with Gasteiger partial charge in [0.05, 0.1) is 19.2 Å². The maximum Gasteiger partial charge on any atom is 0.419 e. The van der Waals surface area contributed by atoms with Gasteiger partial charge in [-0.1, -0.05) is 6.07 Å². The zero-order chi connectivity index (χ0) is 14.8. The molecule has 20 heavy (non-hydrogen) atoms. The van der Waals surface area contributed by atoms with Crippen LogP contribution in [0.5, 0.6) is 5.75 Å². The molecule has 2 rings (SSSR count). The Morgan fingerprint density at radius 3 is 2.65 bits per heavy atom. The molecule has 0 aliphatic heterocycles. The molecule has 0 aliphatic rings. The van der Waals surface area contributed by atoms with E-state index >= 15 is 0 Å². The summed E-state index contributed by atoms with van der Waals surface area (Å²) in [7, 11) is 1.54. The van der Waals surface area contributed by atoms with Crippen molar-refractivity contribution in [3.05, 3.63) is 35.2 Å². The van der Waals surface area contributed by atoms with Crippen LogP contribution in [0.15, 0.2) is 18.2 Å². The molecule has 0 aliphatic carbocycles. The SMILES string of the molecule is Cn1nnc(COc2ccc(CO)cc2C(F)(F)F)n1. The van der Waals surface area contributed by atoms with Gasteiger partial charge in [0.1, 0.15) is 5.75 Å². The molecule has 0 fully saturated rings. The first-order valence-electron chi connectivity index (χ1n) is 5.57. The summed E-state index contributed by atoms with van der Waals surface area (Å²) in [4.78, 5) is 1.18. The number of alkyl halides is 3. The van der Waals surface area contributed by atoms with Gasteiger partial charge in [-0.05, 0) is 22.9 Å². The Kier molecular flexibility index (Phi) is 3.89. The van der Waals surface area contributed by atoms with Gasteiger partial charge in [0.15, 0.2) is 6.61 Å². The second kappa shape index (κ2) is 5.45. The first-order chi connectivity index (χ1) is 9.40. The molecule has 1 heterocycles.